The number of ether oxygens (including phenoxy) is 1. The molecule has 0 saturated heterocycles. The molecule has 0 spiro atoms. The highest BCUT2D eigenvalue weighted by molar-refractivity contribution is 5.82. The van der Waals surface area contributed by atoms with Crippen LogP contribution in [0.5, 0.6) is 0 Å². The molecule has 0 bridgehead atoms. The first-order valence-electron chi connectivity index (χ1n) is 5.31. The van der Waals surface area contributed by atoms with Crippen molar-refractivity contribution in [3.63, 3.8) is 0 Å². The van der Waals surface area contributed by atoms with Crippen LogP contribution in [0.3, 0.4) is 0 Å². The molecule has 1 unspecified atom stereocenters. The van der Waals surface area contributed by atoms with E-state index >= 15 is 0 Å². The molecular formula is C11H22O2. The van der Waals surface area contributed by atoms with Crippen LogP contribution >= 0.6 is 0 Å². The molecule has 0 aromatic heterocycles. The Kier molecular flexibility index (Phi) is 8.00. The van der Waals surface area contributed by atoms with E-state index in [9.17, 15) is 4.79 Å². The predicted molar refractivity (Wildman–Crippen MR) is 54.9 cm³/mol. The van der Waals surface area contributed by atoms with Crippen molar-refractivity contribution >= 4 is 5.78 Å². The zero-order valence-corrected chi connectivity index (χ0v) is 9.14. The standard InChI is InChI=1S/C11H22O2/c1-4-6-8-10(12)11(13-3)9-7-5-2/h11H,4-9H2,1-3H3. The Bertz CT molecular complexity index is 132. The predicted octanol–water partition coefficient (Wildman–Crippen LogP) is 2.95. The lowest BCUT2D eigenvalue weighted by atomic mass is 10.0. The first-order chi connectivity index (χ1) is 6.26. The number of hydrogen-bond acceptors (Lipinski definition) is 2. The number of hydrogen-bond donors (Lipinski definition) is 0. The molecule has 0 aliphatic rings. The van der Waals surface area contributed by atoms with Crippen molar-refractivity contribution in [3.05, 3.63) is 0 Å². The third-order valence-corrected chi connectivity index (χ3v) is 2.24. The topological polar surface area (TPSA) is 26.3 Å². The fourth-order valence-corrected chi connectivity index (χ4v) is 1.31. The zero-order chi connectivity index (χ0) is 10.1. The van der Waals surface area contributed by atoms with Crippen molar-refractivity contribution in [2.75, 3.05) is 7.11 Å². The molecule has 0 aromatic carbocycles. The highest BCUT2D eigenvalue weighted by Crippen LogP contribution is 2.09. The molecule has 2 nitrogen and oxygen atoms in total. The van der Waals surface area contributed by atoms with Crippen molar-refractivity contribution in [2.24, 2.45) is 0 Å². The maximum absolute atomic E-state index is 11.5. The van der Waals surface area contributed by atoms with E-state index in [1.807, 2.05) is 0 Å². The van der Waals surface area contributed by atoms with Gasteiger partial charge < -0.3 is 4.74 Å². The Balaban J connectivity index is 3.71. The molecule has 0 N–H and O–H groups in total. The zero-order valence-electron chi connectivity index (χ0n) is 9.14. The minimum absolute atomic E-state index is 0.147. The van der Waals surface area contributed by atoms with Crippen LogP contribution in [-0.4, -0.2) is 19.0 Å². The van der Waals surface area contributed by atoms with Crippen LogP contribution in [0.2, 0.25) is 0 Å². The number of carbonyl (C=O) groups excluding carboxylic acids is 1. The molecule has 0 fully saturated rings. The summed E-state index contributed by atoms with van der Waals surface area (Å²) in [5.41, 5.74) is 0. The van der Waals surface area contributed by atoms with Gasteiger partial charge in [-0.3, -0.25) is 4.79 Å². The highest BCUT2D eigenvalue weighted by atomic mass is 16.5. The molecule has 0 aromatic rings. The SMILES string of the molecule is CCCCC(=O)C(CCCC)OC. The average Bonchev–Trinajstić information content (AvgIpc) is 2.16. The van der Waals surface area contributed by atoms with Gasteiger partial charge in [-0.25, -0.2) is 0 Å². The van der Waals surface area contributed by atoms with Crippen molar-refractivity contribution in [1.29, 1.82) is 0 Å². The molecule has 2 heteroatoms. The molecule has 78 valence electrons. The molecular weight excluding hydrogens is 164 g/mol. The summed E-state index contributed by atoms with van der Waals surface area (Å²) >= 11 is 0. The van der Waals surface area contributed by atoms with Crippen molar-refractivity contribution in [1.82, 2.24) is 0 Å². The number of ketones is 1. The van der Waals surface area contributed by atoms with E-state index in [2.05, 4.69) is 13.8 Å². The van der Waals surface area contributed by atoms with Gasteiger partial charge in [0.1, 0.15) is 6.10 Å². The van der Waals surface area contributed by atoms with Crippen LogP contribution in [0.25, 0.3) is 0 Å². The van der Waals surface area contributed by atoms with Crippen molar-refractivity contribution in [2.45, 2.75) is 58.5 Å². The van der Waals surface area contributed by atoms with Crippen molar-refractivity contribution < 1.29 is 9.53 Å². The van der Waals surface area contributed by atoms with E-state index < -0.39 is 0 Å². The summed E-state index contributed by atoms with van der Waals surface area (Å²) in [6.07, 6.45) is 5.69. The fourth-order valence-electron chi connectivity index (χ4n) is 1.31. The second-order valence-electron chi connectivity index (χ2n) is 3.44. The third-order valence-electron chi connectivity index (χ3n) is 2.24. The minimum Gasteiger partial charge on any atom is -0.374 e. The van der Waals surface area contributed by atoms with Crippen LogP contribution in [0.4, 0.5) is 0 Å². The maximum Gasteiger partial charge on any atom is 0.161 e. The van der Waals surface area contributed by atoms with Gasteiger partial charge in [0.25, 0.3) is 0 Å². The Morgan fingerprint density at radius 1 is 1.23 bits per heavy atom. The van der Waals surface area contributed by atoms with Crippen LogP contribution in [0.15, 0.2) is 0 Å². The second kappa shape index (κ2) is 8.24. The number of methoxy groups -OCH3 is 1. The second-order valence-corrected chi connectivity index (χ2v) is 3.44. The smallest absolute Gasteiger partial charge is 0.161 e. The Morgan fingerprint density at radius 3 is 2.31 bits per heavy atom. The maximum atomic E-state index is 11.5. The largest absolute Gasteiger partial charge is 0.374 e. The summed E-state index contributed by atoms with van der Waals surface area (Å²) in [6.45, 7) is 4.23. The number of carbonyl (C=O) groups is 1. The van der Waals surface area contributed by atoms with E-state index in [1.54, 1.807) is 7.11 Å². The Hall–Kier alpha value is -0.370. The van der Waals surface area contributed by atoms with Gasteiger partial charge in [-0.15, -0.1) is 0 Å². The van der Waals surface area contributed by atoms with E-state index in [-0.39, 0.29) is 11.9 Å². The quantitative estimate of drug-likeness (QED) is 0.582. The van der Waals surface area contributed by atoms with E-state index in [4.69, 9.17) is 4.74 Å². The van der Waals surface area contributed by atoms with Crippen LogP contribution in [0, 0.1) is 0 Å². The highest BCUT2D eigenvalue weighted by Gasteiger charge is 2.15. The molecule has 13 heavy (non-hydrogen) atoms. The number of Topliss-reactive ketones (excluding diaryl/α,β-unsaturated/α-hetero) is 1. The van der Waals surface area contributed by atoms with Gasteiger partial charge in [-0.05, 0) is 12.8 Å². The molecule has 0 aliphatic carbocycles. The van der Waals surface area contributed by atoms with Crippen LogP contribution in [0.1, 0.15) is 52.4 Å². The summed E-state index contributed by atoms with van der Waals surface area (Å²) in [5, 5.41) is 0. The van der Waals surface area contributed by atoms with E-state index in [1.165, 1.54) is 0 Å². The van der Waals surface area contributed by atoms with E-state index in [0.29, 0.717) is 6.42 Å². The lowest BCUT2D eigenvalue weighted by Crippen LogP contribution is -2.22. The first kappa shape index (κ1) is 12.6. The molecule has 0 radical (unpaired) electrons. The summed E-state index contributed by atoms with van der Waals surface area (Å²) in [4.78, 5) is 11.5. The van der Waals surface area contributed by atoms with Crippen LogP contribution in [-0.2, 0) is 9.53 Å². The summed E-state index contributed by atoms with van der Waals surface area (Å²) < 4.78 is 5.16. The summed E-state index contributed by atoms with van der Waals surface area (Å²) in [7, 11) is 1.63. The monoisotopic (exact) mass is 186 g/mol. The molecule has 0 amide bonds. The average molecular weight is 186 g/mol. The third kappa shape index (κ3) is 5.81. The van der Waals surface area contributed by atoms with E-state index in [0.717, 1.165) is 32.1 Å². The Morgan fingerprint density at radius 2 is 1.85 bits per heavy atom. The minimum atomic E-state index is -0.147. The number of rotatable bonds is 8. The summed E-state index contributed by atoms with van der Waals surface area (Å²) in [6, 6.07) is 0. The molecule has 0 aliphatic heterocycles. The lowest BCUT2D eigenvalue weighted by Gasteiger charge is -2.12. The van der Waals surface area contributed by atoms with Gasteiger partial charge in [0.05, 0.1) is 0 Å². The van der Waals surface area contributed by atoms with Gasteiger partial charge in [0.15, 0.2) is 5.78 Å². The first-order valence-corrected chi connectivity index (χ1v) is 5.31. The molecule has 0 heterocycles. The molecule has 1 atom stereocenters. The summed E-state index contributed by atoms with van der Waals surface area (Å²) in [5.74, 6) is 0.276. The van der Waals surface area contributed by atoms with Crippen LogP contribution < -0.4 is 0 Å². The van der Waals surface area contributed by atoms with Gasteiger partial charge in [0, 0.05) is 13.5 Å². The van der Waals surface area contributed by atoms with Crippen molar-refractivity contribution in [3.8, 4) is 0 Å². The Labute approximate surface area is 81.7 Å². The number of unbranched alkanes of at least 4 members (excludes halogenated alkanes) is 2. The normalized spacial score (nSPS) is 12.8. The molecule has 0 rings (SSSR count). The van der Waals surface area contributed by atoms with Gasteiger partial charge in [-0.1, -0.05) is 33.1 Å². The lowest BCUT2D eigenvalue weighted by molar-refractivity contribution is -0.129. The van der Waals surface area contributed by atoms with Gasteiger partial charge in [0.2, 0.25) is 0 Å². The van der Waals surface area contributed by atoms with Gasteiger partial charge in [-0.2, -0.15) is 0 Å². The fraction of sp³-hybridized carbons (Fsp3) is 0.909. The molecule has 0 saturated carbocycles. The van der Waals surface area contributed by atoms with Gasteiger partial charge >= 0.3 is 0 Å².